The fourth-order valence-electron chi connectivity index (χ4n) is 1.82. The summed E-state index contributed by atoms with van der Waals surface area (Å²) in [5.41, 5.74) is 5.44. The van der Waals surface area contributed by atoms with Crippen molar-refractivity contribution < 1.29 is 0 Å². The molecule has 0 aliphatic carbocycles. The van der Waals surface area contributed by atoms with E-state index in [9.17, 15) is 0 Å². The Morgan fingerprint density at radius 2 is 2.00 bits per heavy atom. The highest BCUT2D eigenvalue weighted by atomic mass is 35.5. The van der Waals surface area contributed by atoms with Crippen molar-refractivity contribution in [2.24, 2.45) is 11.3 Å². The van der Waals surface area contributed by atoms with E-state index in [1.807, 2.05) is 13.0 Å². The molecule has 0 radical (unpaired) electrons. The maximum atomic E-state index is 6.26. The lowest BCUT2D eigenvalue weighted by Gasteiger charge is -2.23. The van der Waals surface area contributed by atoms with Crippen molar-refractivity contribution in [1.82, 2.24) is 5.43 Å². The van der Waals surface area contributed by atoms with E-state index in [1.165, 1.54) is 5.56 Å². The number of rotatable bonds is 4. The lowest BCUT2D eigenvalue weighted by molar-refractivity contribution is 0.333. The molecule has 0 aliphatic heterocycles. The number of aryl methyl sites for hydroxylation is 1. The van der Waals surface area contributed by atoms with Gasteiger partial charge >= 0.3 is 0 Å². The van der Waals surface area contributed by atoms with Crippen molar-refractivity contribution in [2.75, 3.05) is 0 Å². The van der Waals surface area contributed by atoms with Gasteiger partial charge in [0, 0.05) is 11.1 Å². The summed E-state index contributed by atoms with van der Waals surface area (Å²) in [6.45, 7) is 8.74. The van der Waals surface area contributed by atoms with E-state index in [1.54, 1.807) is 0 Å². The molecule has 0 aliphatic rings. The minimum atomic E-state index is 0.127. The molecule has 0 heterocycles. The standard InChI is InChI=1S/C14H23ClN2/c1-10-5-6-11(12(15)9-10)13(17-16)7-8-14(2,3)4/h5-6,9,13,17H,7-8,16H2,1-4H3. The normalized spacial score (nSPS) is 13.8. The molecule has 0 saturated carbocycles. The molecule has 1 rings (SSSR count). The topological polar surface area (TPSA) is 38.0 Å². The molecule has 1 aromatic rings. The van der Waals surface area contributed by atoms with Crippen molar-refractivity contribution in [3.63, 3.8) is 0 Å². The van der Waals surface area contributed by atoms with Gasteiger partial charge in [-0.1, -0.05) is 44.5 Å². The third kappa shape index (κ3) is 4.66. The number of benzene rings is 1. The van der Waals surface area contributed by atoms with Crippen LogP contribution in [0.15, 0.2) is 18.2 Å². The van der Waals surface area contributed by atoms with Gasteiger partial charge in [-0.3, -0.25) is 11.3 Å². The molecular formula is C14H23ClN2. The molecule has 96 valence electrons. The van der Waals surface area contributed by atoms with Crippen LogP contribution in [-0.2, 0) is 0 Å². The van der Waals surface area contributed by atoms with Gasteiger partial charge < -0.3 is 0 Å². The van der Waals surface area contributed by atoms with Crippen LogP contribution < -0.4 is 11.3 Å². The minimum absolute atomic E-state index is 0.127. The summed E-state index contributed by atoms with van der Waals surface area (Å²) in [4.78, 5) is 0. The molecular weight excluding hydrogens is 232 g/mol. The minimum Gasteiger partial charge on any atom is -0.271 e. The second kappa shape index (κ2) is 5.85. The first-order chi connectivity index (χ1) is 7.83. The van der Waals surface area contributed by atoms with Crippen molar-refractivity contribution in [1.29, 1.82) is 0 Å². The number of nitrogens with two attached hydrogens (primary N) is 1. The second-order valence-electron chi connectivity index (χ2n) is 5.84. The summed E-state index contributed by atoms with van der Waals surface area (Å²) in [5, 5.41) is 0.793. The third-order valence-electron chi connectivity index (χ3n) is 2.92. The van der Waals surface area contributed by atoms with Crippen molar-refractivity contribution >= 4 is 11.6 Å². The van der Waals surface area contributed by atoms with Crippen LogP contribution in [0.3, 0.4) is 0 Å². The summed E-state index contributed by atoms with van der Waals surface area (Å²) < 4.78 is 0. The molecule has 1 atom stereocenters. The fraction of sp³-hybridized carbons (Fsp3) is 0.571. The maximum absolute atomic E-state index is 6.26. The van der Waals surface area contributed by atoms with Gasteiger partial charge in [-0.15, -0.1) is 0 Å². The Labute approximate surface area is 110 Å². The van der Waals surface area contributed by atoms with Crippen molar-refractivity contribution in [3.8, 4) is 0 Å². The quantitative estimate of drug-likeness (QED) is 0.630. The number of hydrogen-bond donors (Lipinski definition) is 2. The van der Waals surface area contributed by atoms with Crippen LogP contribution in [0.4, 0.5) is 0 Å². The largest absolute Gasteiger partial charge is 0.271 e. The SMILES string of the molecule is Cc1ccc(C(CCC(C)(C)C)NN)c(Cl)c1. The van der Waals surface area contributed by atoms with Crippen LogP contribution in [0.5, 0.6) is 0 Å². The van der Waals surface area contributed by atoms with Gasteiger partial charge in [-0.2, -0.15) is 0 Å². The Bertz CT molecular complexity index is 369. The van der Waals surface area contributed by atoms with Crippen LogP contribution >= 0.6 is 11.6 Å². The summed E-state index contributed by atoms with van der Waals surface area (Å²) in [6.07, 6.45) is 2.09. The molecule has 0 spiro atoms. The van der Waals surface area contributed by atoms with Gasteiger partial charge in [0.05, 0.1) is 0 Å². The zero-order valence-electron chi connectivity index (χ0n) is 11.2. The molecule has 0 amide bonds. The first kappa shape index (κ1) is 14.5. The first-order valence-electron chi connectivity index (χ1n) is 6.05. The van der Waals surface area contributed by atoms with Crippen LogP contribution in [0.1, 0.15) is 50.8 Å². The molecule has 3 heteroatoms. The predicted octanol–water partition coefficient (Wildman–Crippen LogP) is 3.98. The Kier molecular flexibility index (Phi) is 4.99. The Balaban J connectivity index is 2.79. The molecule has 1 aromatic carbocycles. The summed E-state index contributed by atoms with van der Waals surface area (Å²) >= 11 is 6.26. The molecule has 0 saturated heterocycles. The van der Waals surface area contributed by atoms with E-state index < -0.39 is 0 Å². The summed E-state index contributed by atoms with van der Waals surface area (Å²) in [7, 11) is 0. The molecule has 0 bridgehead atoms. The zero-order chi connectivity index (χ0) is 13.1. The van der Waals surface area contributed by atoms with E-state index in [4.69, 9.17) is 17.4 Å². The highest BCUT2D eigenvalue weighted by Crippen LogP contribution is 2.30. The molecule has 3 N–H and O–H groups in total. The summed E-state index contributed by atoms with van der Waals surface area (Å²) in [6, 6.07) is 6.24. The molecule has 2 nitrogen and oxygen atoms in total. The number of hydrogen-bond acceptors (Lipinski definition) is 2. The van der Waals surface area contributed by atoms with Gasteiger partial charge in [0.15, 0.2) is 0 Å². The average Bonchev–Trinajstić information content (AvgIpc) is 2.19. The smallest absolute Gasteiger partial charge is 0.0474 e. The number of nitrogens with one attached hydrogen (secondary N) is 1. The van der Waals surface area contributed by atoms with Crippen LogP contribution in [0.25, 0.3) is 0 Å². The van der Waals surface area contributed by atoms with E-state index in [0.717, 1.165) is 23.4 Å². The van der Waals surface area contributed by atoms with Crippen molar-refractivity contribution in [2.45, 2.75) is 46.6 Å². The van der Waals surface area contributed by atoms with Gasteiger partial charge in [0.1, 0.15) is 0 Å². The van der Waals surface area contributed by atoms with Gasteiger partial charge in [0.2, 0.25) is 0 Å². The van der Waals surface area contributed by atoms with Crippen LogP contribution in [0.2, 0.25) is 5.02 Å². The fourth-order valence-corrected chi connectivity index (χ4v) is 2.19. The van der Waals surface area contributed by atoms with Crippen LogP contribution in [-0.4, -0.2) is 0 Å². The van der Waals surface area contributed by atoms with Gasteiger partial charge in [-0.05, 0) is 42.4 Å². The Morgan fingerprint density at radius 1 is 1.35 bits per heavy atom. The Morgan fingerprint density at radius 3 is 2.47 bits per heavy atom. The van der Waals surface area contributed by atoms with Crippen molar-refractivity contribution in [3.05, 3.63) is 34.3 Å². The highest BCUT2D eigenvalue weighted by Gasteiger charge is 2.17. The molecule has 1 unspecified atom stereocenters. The zero-order valence-corrected chi connectivity index (χ0v) is 11.9. The number of hydrazine groups is 1. The molecule has 0 fully saturated rings. The monoisotopic (exact) mass is 254 g/mol. The predicted molar refractivity (Wildman–Crippen MR) is 74.9 cm³/mol. The first-order valence-corrected chi connectivity index (χ1v) is 6.43. The average molecular weight is 255 g/mol. The highest BCUT2D eigenvalue weighted by molar-refractivity contribution is 6.31. The van der Waals surface area contributed by atoms with Gasteiger partial charge in [0.25, 0.3) is 0 Å². The maximum Gasteiger partial charge on any atom is 0.0474 e. The van der Waals surface area contributed by atoms with Crippen LogP contribution in [0, 0.1) is 12.3 Å². The Hall–Kier alpha value is -0.570. The lowest BCUT2D eigenvalue weighted by atomic mass is 9.87. The number of halogens is 1. The lowest BCUT2D eigenvalue weighted by Crippen LogP contribution is -2.29. The van der Waals surface area contributed by atoms with E-state index in [0.29, 0.717) is 5.41 Å². The van der Waals surface area contributed by atoms with E-state index in [-0.39, 0.29) is 6.04 Å². The van der Waals surface area contributed by atoms with Gasteiger partial charge in [-0.25, -0.2) is 0 Å². The third-order valence-corrected chi connectivity index (χ3v) is 3.24. The van der Waals surface area contributed by atoms with E-state index in [2.05, 4.69) is 38.3 Å². The molecule has 0 aromatic heterocycles. The second-order valence-corrected chi connectivity index (χ2v) is 6.25. The molecule has 17 heavy (non-hydrogen) atoms. The van der Waals surface area contributed by atoms with E-state index >= 15 is 0 Å². The summed E-state index contributed by atoms with van der Waals surface area (Å²) in [5.74, 6) is 5.63.